The van der Waals surface area contributed by atoms with Crippen LogP contribution in [0.5, 0.6) is 0 Å². The molecule has 0 unspecified atom stereocenters. The number of aromatic nitrogens is 4. The molecule has 0 bridgehead atoms. The zero-order valence-corrected chi connectivity index (χ0v) is 8.58. The molecule has 80 valence electrons. The molecule has 7 nitrogen and oxygen atoms in total. The molecule has 2 heterocycles. The lowest BCUT2D eigenvalue weighted by Gasteiger charge is -1.88. The molecular formula is C7H9N4O3P. The predicted molar refractivity (Wildman–Crippen MR) is 55.2 cm³/mol. The second-order valence-electron chi connectivity index (χ2n) is 2.35. The number of fused-ring (bicyclic) bond motifs is 1. The van der Waals surface area contributed by atoms with Crippen molar-refractivity contribution < 1.29 is 14.4 Å². The molecule has 0 saturated carbocycles. The maximum Gasteiger partial charge on any atom is 0.314 e. The van der Waals surface area contributed by atoms with Crippen molar-refractivity contribution in [2.24, 2.45) is 0 Å². The van der Waals surface area contributed by atoms with Gasteiger partial charge in [0.25, 0.3) is 0 Å². The zero-order valence-electron chi connectivity index (χ0n) is 7.58. The van der Waals surface area contributed by atoms with Gasteiger partial charge in [0, 0.05) is 0 Å². The van der Waals surface area contributed by atoms with E-state index < -0.39 is 8.25 Å². The van der Waals surface area contributed by atoms with Crippen molar-refractivity contribution in [1.29, 1.82) is 0 Å². The Morgan fingerprint density at radius 2 is 2.13 bits per heavy atom. The number of H-pyrrole nitrogens is 1. The minimum absolute atomic E-state index is 0.601. The molecule has 0 atom stereocenters. The third-order valence-electron chi connectivity index (χ3n) is 1.38. The van der Waals surface area contributed by atoms with E-state index in [1.54, 1.807) is 18.6 Å². The first-order chi connectivity index (χ1) is 7.13. The fourth-order valence-electron chi connectivity index (χ4n) is 0.848. The summed E-state index contributed by atoms with van der Waals surface area (Å²) in [5, 5.41) is 0. The van der Waals surface area contributed by atoms with Crippen molar-refractivity contribution >= 4 is 25.5 Å². The van der Waals surface area contributed by atoms with Gasteiger partial charge in [-0.05, 0) is 6.08 Å². The smallest absolute Gasteiger partial charge is 0.314 e. The fraction of sp³-hybridized carbons (Fsp3) is 0. The molecule has 0 fully saturated rings. The number of imidazole rings is 1. The lowest BCUT2D eigenvalue weighted by Crippen LogP contribution is -1.86. The van der Waals surface area contributed by atoms with Crippen molar-refractivity contribution in [3.05, 3.63) is 24.9 Å². The zero-order chi connectivity index (χ0) is 11.3. The van der Waals surface area contributed by atoms with Gasteiger partial charge in [-0.1, -0.05) is 6.58 Å². The molecule has 0 radical (unpaired) electrons. The first-order valence-electron chi connectivity index (χ1n) is 3.84. The van der Waals surface area contributed by atoms with Crippen LogP contribution in [0.25, 0.3) is 17.2 Å². The molecule has 2 rings (SSSR count). The van der Waals surface area contributed by atoms with Crippen LogP contribution in [0, 0.1) is 0 Å². The Kier molecular flexibility index (Phi) is 4.11. The third-order valence-corrected chi connectivity index (χ3v) is 1.38. The normalized spacial score (nSPS) is 9.80. The van der Waals surface area contributed by atoms with Crippen LogP contribution in [-0.2, 0) is 4.57 Å². The van der Waals surface area contributed by atoms with Crippen LogP contribution in [0.2, 0.25) is 0 Å². The summed E-state index contributed by atoms with van der Waals surface area (Å²) in [7, 11) is -3.13. The van der Waals surface area contributed by atoms with Crippen molar-refractivity contribution in [2.45, 2.75) is 0 Å². The summed E-state index contributed by atoms with van der Waals surface area (Å²) >= 11 is 0. The van der Waals surface area contributed by atoms with Gasteiger partial charge < -0.3 is 14.8 Å². The van der Waals surface area contributed by atoms with Gasteiger partial charge in [0.15, 0.2) is 11.5 Å². The van der Waals surface area contributed by atoms with E-state index in [-0.39, 0.29) is 0 Å². The van der Waals surface area contributed by atoms with Gasteiger partial charge in [0.1, 0.15) is 5.52 Å². The minimum Gasteiger partial charge on any atom is -0.342 e. The van der Waals surface area contributed by atoms with Crippen LogP contribution in [-0.4, -0.2) is 29.7 Å². The molecule has 0 spiro atoms. The predicted octanol–water partition coefficient (Wildman–Crippen LogP) is 0.357. The van der Waals surface area contributed by atoms with Crippen molar-refractivity contribution in [2.75, 3.05) is 0 Å². The van der Waals surface area contributed by atoms with Crippen LogP contribution >= 0.6 is 8.25 Å². The quantitative estimate of drug-likeness (QED) is 0.607. The second-order valence-corrected chi connectivity index (χ2v) is 2.92. The molecule has 0 aromatic carbocycles. The molecule has 0 saturated heterocycles. The highest BCUT2D eigenvalue weighted by atomic mass is 31.1. The van der Waals surface area contributed by atoms with E-state index in [0.717, 1.165) is 5.52 Å². The Labute approximate surface area is 85.5 Å². The van der Waals surface area contributed by atoms with Gasteiger partial charge in [-0.3, -0.25) is 4.57 Å². The van der Waals surface area contributed by atoms with E-state index in [1.165, 1.54) is 0 Å². The van der Waals surface area contributed by atoms with E-state index in [2.05, 4.69) is 26.5 Å². The Morgan fingerprint density at radius 3 is 2.73 bits per heavy atom. The average molecular weight is 228 g/mol. The number of rotatable bonds is 1. The Balaban J connectivity index is 0.000000245. The van der Waals surface area contributed by atoms with E-state index in [0.29, 0.717) is 11.5 Å². The molecule has 8 heteroatoms. The largest absolute Gasteiger partial charge is 0.342 e. The second kappa shape index (κ2) is 5.35. The Morgan fingerprint density at radius 1 is 1.47 bits per heavy atom. The van der Waals surface area contributed by atoms with Gasteiger partial charge in [0.05, 0.1) is 12.5 Å². The molecule has 0 amide bonds. The molecule has 2 aromatic rings. The molecule has 0 aliphatic carbocycles. The summed E-state index contributed by atoms with van der Waals surface area (Å²) < 4.78 is 8.74. The summed E-state index contributed by atoms with van der Waals surface area (Å²) in [6, 6.07) is 0. The van der Waals surface area contributed by atoms with Gasteiger partial charge in [-0.25, -0.2) is 15.0 Å². The van der Waals surface area contributed by atoms with E-state index in [4.69, 9.17) is 14.4 Å². The standard InChI is InChI=1S/C7H6N4.H3O3P/c1-2-6-8-3-5-7(11-6)10-4-9-5;1-4(2)3/h2-4H,1H2,(H,8,9,10,11);4H,(H2,1,2,3). The van der Waals surface area contributed by atoms with Crippen LogP contribution in [0.15, 0.2) is 19.1 Å². The maximum atomic E-state index is 8.74. The summed E-state index contributed by atoms with van der Waals surface area (Å²) in [5.41, 5.74) is 1.52. The third kappa shape index (κ3) is 3.59. The van der Waals surface area contributed by atoms with Crippen LogP contribution < -0.4 is 0 Å². The van der Waals surface area contributed by atoms with Crippen LogP contribution in [0.3, 0.4) is 0 Å². The Hall–Kier alpha value is -1.56. The van der Waals surface area contributed by atoms with Crippen LogP contribution in [0.1, 0.15) is 5.82 Å². The number of aromatic amines is 1. The molecule has 3 N–H and O–H groups in total. The van der Waals surface area contributed by atoms with E-state index in [1.807, 2.05) is 0 Å². The van der Waals surface area contributed by atoms with Crippen LogP contribution in [0.4, 0.5) is 0 Å². The SMILES string of the molecule is C=Cc1ncc2[nH]cnc2n1.O=[PH](O)O. The van der Waals surface area contributed by atoms with E-state index in [9.17, 15) is 0 Å². The van der Waals surface area contributed by atoms with Gasteiger partial charge in [0.2, 0.25) is 0 Å². The molecule has 0 aliphatic heterocycles. The van der Waals surface area contributed by atoms with E-state index >= 15 is 0 Å². The lowest BCUT2D eigenvalue weighted by atomic mass is 10.5. The molecule has 0 aliphatic rings. The highest BCUT2D eigenvalue weighted by molar-refractivity contribution is 7.30. The maximum absolute atomic E-state index is 8.74. The summed E-state index contributed by atoms with van der Waals surface area (Å²) in [6.07, 6.45) is 4.87. The van der Waals surface area contributed by atoms with Gasteiger partial charge in [-0.15, -0.1) is 0 Å². The minimum atomic E-state index is -3.13. The highest BCUT2D eigenvalue weighted by Crippen LogP contribution is 2.03. The van der Waals surface area contributed by atoms with Crippen molar-refractivity contribution in [3.8, 4) is 0 Å². The number of nitrogens with zero attached hydrogens (tertiary/aromatic N) is 3. The van der Waals surface area contributed by atoms with Gasteiger partial charge in [-0.2, -0.15) is 0 Å². The molecular weight excluding hydrogens is 219 g/mol. The lowest BCUT2D eigenvalue weighted by molar-refractivity contribution is 0.405. The van der Waals surface area contributed by atoms with Gasteiger partial charge >= 0.3 is 8.25 Å². The van der Waals surface area contributed by atoms with Crippen molar-refractivity contribution in [3.63, 3.8) is 0 Å². The fourth-order valence-corrected chi connectivity index (χ4v) is 0.848. The number of hydrogen-bond acceptors (Lipinski definition) is 4. The monoisotopic (exact) mass is 228 g/mol. The van der Waals surface area contributed by atoms with Crippen molar-refractivity contribution in [1.82, 2.24) is 19.9 Å². The average Bonchev–Trinajstić information content (AvgIpc) is 2.63. The summed E-state index contributed by atoms with van der Waals surface area (Å²) in [4.78, 5) is 29.3. The molecule has 2 aromatic heterocycles. The summed E-state index contributed by atoms with van der Waals surface area (Å²) in [6.45, 7) is 3.56. The number of hydrogen-bond donors (Lipinski definition) is 3. The highest BCUT2D eigenvalue weighted by Gasteiger charge is 1.96. The first kappa shape index (κ1) is 11.5. The number of nitrogens with one attached hydrogen (secondary N) is 1. The Bertz CT molecular complexity index is 480. The topological polar surface area (TPSA) is 112 Å². The summed E-state index contributed by atoms with van der Waals surface area (Å²) in [5.74, 6) is 0.601. The molecule has 15 heavy (non-hydrogen) atoms. The first-order valence-corrected chi connectivity index (χ1v) is 5.14.